The van der Waals surface area contributed by atoms with Crippen LogP contribution in [0.15, 0.2) is 11.0 Å². The highest BCUT2D eigenvalue weighted by molar-refractivity contribution is 5.81. The number of ether oxygens (including phenoxy) is 1. The number of hydrogen-bond donors (Lipinski definition) is 3. The number of likely N-dealkylation sites (tertiary alicyclic amines) is 1. The van der Waals surface area contributed by atoms with Gasteiger partial charge in [-0.25, -0.2) is 0 Å². The van der Waals surface area contributed by atoms with E-state index in [-0.39, 0.29) is 17.3 Å². The lowest BCUT2D eigenvalue weighted by molar-refractivity contribution is -0.208. The van der Waals surface area contributed by atoms with E-state index in [2.05, 4.69) is 15.2 Å². The summed E-state index contributed by atoms with van der Waals surface area (Å²) in [5.41, 5.74) is 1.29. The molecule has 1 amide bonds. The zero-order chi connectivity index (χ0) is 20.8. The highest BCUT2D eigenvalue weighted by Crippen LogP contribution is 2.41. The monoisotopic (exact) mass is 403 g/mol. The van der Waals surface area contributed by atoms with Gasteiger partial charge in [0.2, 0.25) is 5.91 Å². The minimum absolute atomic E-state index is 0.0693. The summed E-state index contributed by atoms with van der Waals surface area (Å²) in [6, 6.07) is 0. The number of aromatic nitrogens is 1. The van der Waals surface area contributed by atoms with Crippen molar-refractivity contribution in [3.63, 3.8) is 0 Å². The van der Waals surface area contributed by atoms with Gasteiger partial charge in [-0.15, -0.1) is 0 Å². The van der Waals surface area contributed by atoms with Crippen molar-refractivity contribution >= 4 is 5.91 Å². The van der Waals surface area contributed by atoms with Crippen LogP contribution in [0.4, 0.5) is 0 Å². The molecule has 1 saturated carbocycles. The summed E-state index contributed by atoms with van der Waals surface area (Å²) in [6.45, 7) is 8.43. The molecule has 3 N–H and O–H groups in total. The SMILES string of the molecule is Cc1c[nH]c(CN2CCC3(CC2)OCC[C@](C)(NC(=O)C2CC2)[C@H]3O)c(C)c1=O. The average molecular weight is 404 g/mol. The Morgan fingerprint density at radius 1 is 1.31 bits per heavy atom. The van der Waals surface area contributed by atoms with Gasteiger partial charge in [-0.05, 0) is 52.9 Å². The standard InChI is InChI=1S/C22H33N3O4/c1-14-12-23-17(15(2)18(14)26)13-25-9-6-22(7-10-25)20(28)21(3,8-11-29-22)24-19(27)16-4-5-16/h12,16,20,28H,4-11,13H2,1-3H3,(H,23,26)(H,24,27)/t20-,21+/m1/s1. The van der Waals surface area contributed by atoms with E-state index in [1.807, 2.05) is 20.8 Å². The molecule has 0 bridgehead atoms. The Hall–Kier alpha value is -1.70. The Labute approximate surface area is 171 Å². The Morgan fingerprint density at radius 2 is 2.00 bits per heavy atom. The maximum absolute atomic E-state index is 12.3. The summed E-state index contributed by atoms with van der Waals surface area (Å²) in [5.74, 6) is 0.194. The molecule has 7 heteroatoms. The molecule has 1 aromatic heterocycles. The number of amides is 1. The molecule has 0 radical (unpaired) electrons. The highest BCUT2D eigenvalue weighted by atomic mass is 16.5. The van der Waals surface area contributed by atoms with Gasteiger partial charge in [0.15, 0.2) is 5.43 Å². The molecule has 2 saturated heterocycles. The van der Waals surface area contributed by atoms with Crippen molar-refractivity contribution in [3.8, 4) is 0 Å². The van der Waals surface area contributed by atoms with Crippen LogP contribution in [0.5, 0.6) is 0 Å². The van der Waals surface area contributed by atoms with Crippen molar-refractivity contribution in [2.24, 2.45) is 5.92 Å². The van der Waals surface area contributed by atoms with Crippen LogP contribution in [-0.2, 0) is 16.1 Å². The molecule has 3 heterocycles. The molecule has 160 valence electrons. The van der Waals surface area contributed by atoms with Gasteiger partial charge in [-0.3, -0.25) is 14.5 Å². The number of carbonyl (C=O) groups excluding carboxylic acids is 1. The third-order valence-electron chi connectivity index (χ3n) is 7.17. The molecule has 1 aromatic rings. The van der Waals surface area contributed by atoms with Gasteiger partial charge in [-0.2, -0.15) is 0 Å². The van der Waals surface area contributed by atoms with Gasteiger partial charge in [0.25, 0.3) is 0 Å². The first-order chi connectivity index (χ1) is 13.7. The van der Waals surface area contributed by atoms with E-state index >= 15 is 0 Å². The molecule has 2 aliphatic heterocycles. The van der Waals surface area contributed by atoms with E-state index in [1.165, 1.54) is 0 Å². The van der Waals surface area contributed by atoms with Crippen LogP contribution >= 0.6 is 0 Å². The fourth-order valence-electron chi connectivity index (χ4n) is 4.82. The number of carbonyl (C=O) groups is 1. The minimum Gasteiger partial charge on any atom is -0.388 e. The van der Waals surface area contributed by atoms with Gasteiger partial charge in [0, 0.05) is 55.2 Å². The fourth-order valence-corrected chi connectivity index (χ4v) is 4.82. The van der Waals surface area contributed by atoms with Crippen molar-refractivity contribution < 1.29 is 14.6 Å². The Balaban J connectivity index is 1.41. The van der Waals surface area contributed by atoms with Crippen molar-refractivity contribution in [2.45, 2.75) is 76.7 Å². The van der Waals surface area contributed by atoms with Gasteiger partial charge < -0.3 is 20.1 Å². The van der Waals surface area contributed by atoms with Crippen LogP contribution in [0.2, 0.25) is 0 Å². The highest BCUT2D eigenvalue weighted by Gasteiger charge is 2.54. The first kappa shape index (κ1) is 20.6. The first-order valence-electron chi connectivity index (χ1n) is 10.8. The second-order valence-corrected chi connectivity index (χ2v) is 9.43. The smallest absolute Gasteiger partial charge is 0.223 e. The van der Waals surface area contributed by atoms with E-state index < -0.39 is 17.2 Å². The summed E-state index contributed by atoms with van der Waals surface area (Å²) < 4.78 is 6.14. The number of piperidine rings is 1. The summed E-state index contributed by atoms with van der Waals surface area (Å²) in [6.07, 6.45) is 5.00. The summed E-state index contributed by atoms with van der Waals surface area (Å²) in [7, 11) is 0. The molecule has 4 rings (SSSR count). The quantitative estimate of drug-likeness (QED) is 0.706. The molecule has 0 aromatic carbocycles. The third-order valence-corrected chi connectivity index (χ3v) is 7.17. The lowest BCUT2D eigenvalue weighted by Crippen LogP contribution is -2.69. The third kappa shape index (κ3) is 3.88. The Morgan fingerprint density at radius 3 is 2.66 bits per heavy atom. The fraction of sp³-hybridized carbons (Fsp3) is 0.727. The molecule has 1 spiro atoms. The topological polar surface area (TPSA) is 94.7 Å². The molecular weight excluding hydrogens is 370 g/mol. The zero-order valence-corrected chi connectivity index (χ0v) is 17.7. The van der Waals surface area contributed by atoms with Crippen LogP contribution < -0.4 is 10.7 Å². The van der Waals surface area contributed by atoms with Gasteiger partial charge in [-0.1, -0.05) is 0 Å². The number of aliphatic hydroxyl groups excluding tert-OH is 1. The number of nitrogens with zero attached hydrogens (tertiary/aromatic N) is 1. The molecule has 2 atom stereocenters. The van der Waals surface area contributed by atoms with E-state index in [1.54, 1.807) is 6.20 Å². The maximum Gasteiger partial charge on any atom is 0.223 e. The molecule has 1 aliphatic carbocycles. The number of nitrogens with one attached hydrogen (secondary N) is 2. The van der Waals surface area contributed by atoms with E-state index in [4.69, 9.17) is 4.74 Å². The number of aromatic amines is 1. The molecule has 29 heavy (non-hydrogen) atoms. The molecule has 3 aliphatic rings. The predicted molar refractivity (Wildman–Crippen MR) is 110 cm³/mol. The first-order valence-corrected chi connectivity index (χ1v) is 10.8. The zero-order valence-electron chi connectivity index (χ0n) is 17.7. The largest absolute Gasteiger partial charge is 0.388 e. The number of H-pyrrole nitrogens is 1. The van der Waals surface area contributed by atoms with Crippen LogP contribution in [0.1, 0.15) is 55.8 Å². The summed E-state index contributed by atoms with van der Waals surface area (Å²) in [4.78, 5) is 30.1. The number of pyridine rings is 1. The van der Waals surface area contributed by atoms with Crippen molar-refractivity contribution in [1.29, 1.82) is 0 Å². The lowest BCUT2D eigenvalue weighted by Gasteiger charge is -2.53. The van der Waals surface area contributed by atoms with E-state index in [0.717, 1.165) is 42.8 Å². The number of aryl methyl sites for hydroxylation is 1. The van der Waals surface area contributed by atoms with E-state index in [0.29, 0.717) is 32.4 Å². The van der Waals surface area contributed by atoms with Crippen LogP contribution in [-0.4, -0.2) is 57.8 Å². The Kier molecular flexibility index (Phi) is 5.34. The number of rotatable bonds is 4. The van der Waals surface area contributed by atoms with Crippen molar-refractivity contribution in [1.82, 2.24) is 15.2 Å². The normalized spacial score (nSPS) is 29.7. The number of aliphatic hydroxyl groups is 1. The lowest BCUT2D eigenvalue weighted by atomic mass is 9.73. The van der Waals surface area contributed by atoms with Gasteiger partial charge in [0.05, 0.1) is 11.1 Å². The Bertz CT molecular complexity index is 839. The minimum atomic E-state index is -0.727. The van der Waals surface area contributed by atoms with Crippen LogP contribution in [0.25, 0.3) is 0 Å². The number of hydrogen-bond acceptors (Lipinski definition) is 5. The van der Waals surface area contributed by atoms with E-state index in [9.17, 15) is 14.7 Å². The van der Waals surface area contributed by atoms with Crippen molar-refractivity contribution in [2.75, 3.05) is 19.7 Å². The maximum atomic E-state index is 12.3. The molecule has 3 fully saturated rings. The average Bonchev–Trinajstić information content (AvgIpc) is 3.54. The molecule has 0 unspecified atom stereocenters. The van der Waals surface area contributed by atoms with Crippen molar-refractivity contribution in [3.05, 3.63) is 33.2 Å². The molecule has 7 nitrogen and oxygen atoms in total. The summed E-state index contributed by atoms with van der Waals surface area (Å²) >= 11 is 0. The van der Waals surface area contributed by atoms with Crippen LogP contribution in [0, 0.1) is 19.8 Å². The summed E-state index contributed by atoms with van der Waals surface area (Å²) in [5, 5.41) is 14.4. The van der Waals surface area contributed by atoms with Crippen LogP contribution in [0.3, 0.4) is 0 Å². The second kappa shape index (κ2) is 7.52. The van der Waals surface area contributed by atoms with Gasteiger partial charge in [0.1, 0.15) is 6.10 Å². The second-order valence-electron chi connectivity index (χ2n) is 9.43. The van der Waals surface area contributed by atoms with Gasteiger partial charge >= 0.3 is 0 Å². The molecular formula is C22H33N3O4. The predicted octanol–water partition coefficient (Wildman–Crippen LogP) is 1.39.